The maximum Gasteiger partial charge on any atom is 0.289 e. The van der Waals surface area contributed by atoms with Crippen LogP contribution in [-0.4, -0.2) is 35.6 Å². The molecule has 0 amide bonds. The third-order valence-corrected chi connectivity index (χ3v) is 2.06. The Labute approximate surface area is 83.2 Å². The van der Waals surface area contributed by atoms with Gasteiger partial charge in [0, 0.05) is 19.9 Å². The second kappa shape index (κ2) is 4.23. The van der Waals surface area contributed by atoms with E-state index in [9.17, 15) is 10.3 Å². The molecule has 1 heterocycles. The largest absolute Gasteiger partial charge is 0.711 e. The fraction of sp³-hybridized carbons (Fsp3) is 0.556. The number of nitrogens with zero attached hydrogens (tertiary/aromatic N) is 3. The summed E-state index contributed by atoms with van der Waals surface area (Å²) in [6.07, 6.45) is 1.82. The van der Waals surface area contributed by atoms with Gasteiger partial charge >= 0.3 is 0 Å². The Morgan fingerprint density at radius 1 is 1.57 bits per heavy atom. The van der Waals surface area contributed by atoms with E-state index in [0.717, 1.165) is 6.54 Å². The number of hydrogen-bond acceptors (Lipinski definition) is 4. The van der Waals surface area contributed by atoms with Gasteiger partial charge in [-0.2, -0.15) is 0 Å². The van der Waals surface area contributed by atoms with Crippen LogP contribution in [0.2, 0.25) is 0 Å². The summed E-state index contributed by atoms with van der Waals surface area (Å²) >= 11 is 0. The molecule has 1 rings (SSSR count). The van der Waals surface area contributed by atoms with Gasteiger partial charge in [0.25, 0.3) is 6.33 Å². The van der Waals surface area contributed by atoms with E-state index < -0.39 is 0 Å². The normalized spacial score (nSPS) is 10.9. The lowest BCUT2D eigenvalue weighted by Crippen LogP contribution is -2.31. The van der Waals surface area contributed by atoms with Crippen LogP contribution in [0.4, 0.5) is 0 Å². The van der Waals surface area contributed by atoms with Gasteiger partial charge in [0.15, 0.2) is 5.69 Å². The molecule has 0 unspecified atom stereocenters. The van der Waals surface area contributed by atoms with Gasteiger partial charge in [0.05, 0.1) is 0 Å². The first-order valence-corrected chi connectivity index (χ1v) is 4.43. The summed E-state index contributed by atoms with van der Waals surface area (Å²) in [6, 6.07) is 0. The molecule has 1 aromatic rings. The Morgan fingerprint density at radius 2 is 2.21 bits per heavy atom. The number of rotatable bonds is 3. The highest BCUT2D eigenvalue weighted by atomic mass is 16.5. The predicted octanol–water partition coefficient (Wildman–Crippen LogP) is -0.167. The molecule has 0 aliphatic carbocycles. The minimum Gasteiger partial charge on any atom is -0.711 e. The minimum atomic E-state index is 0.00403. The highest BCUT2D eigenvalue weighted by molar-refractivity contribution is 5.26. The zero-order valence-electron chi connectivity index (χ0n) is 8.69. The van der Waals surface area contributed by atoms with Gasteiger partial charge in [-0.1, -0.05) is 0 Å². The molecule has 0 fully saturated rings. The zero-order valence-corrected chi connectivity index (χ0v) is 8.69. The first-order chi connectivity index (χ1) is 6.52. The molecule has 0 aromatic carbocycles. The van der Waals surface area contributed by atoms with Crippen LogP contribution in [0.5, 0.6) is 5.75 Å². The summed E-state index contributed by atoms with van der Waals surface area (Å²) in [5, 5.41) is 20.6. The van der Waals surface area contributed by atoms with E-state index in [1.807, 2.05) is 19.0 Å². The molecule has 0 aliphatic heterocycles. The fourth-order valence-electron chi connectivity index (χ4n) is 1.10. The number of aromatic nitrogens is 2. The Kier molecular flexibility index (Phi) is 3.24. The summed E-state index contributed by atoms with van der Waals surface area (Å²) in [5.74, 6) is 0.00403. The van der Waals surface area contributed by atoms with Gasteiger partial charge in [-0.25, -0.2) is 4.73 Å². The van der Waals surface area contributed by atoms with Crippen LogP contribution in [0.1, 0.15) is 11.4 Å². The van der Waals surface area contributed by atoms with Gasteiger partial charge in [0.2, 0.25) is 5.75 Å². The second-order valence-corrected chi connectivity index (χ2v) is 3.50. The molecule has 0 atom stereocenters. The van der Waals surface area contributed by atoms with Crippen molar-refractivity contribution < 1.29 is 9.84 Å². The molecule has 0 saturated heterocycles. The summed E-state index contributed by atoms with van der Waals surface area (Å²) in [7, 11) is 3.89. The smallest absolute Gasteiger partial charge is 0.289 e. The Bertz CT molecular complexity index is 326. The van der Waals surface area contributed by atoms with Crippen molar-refractivity contribution in [1.82, 2.24) is 9.88 Å². The van der Waals surface area contributed by atoms with Crippen LogP contribution < -0.4 is 4.73 Å². The molecule has 0 saturated carbocycles. The molecule has 14 heavy (non-hydrogen) atoms. The molecular weight excluding hydrogens is 182 g/mol. The van der Waals surface area contributed by atoms with Crippen molar-refractivity contribution in [2.75, 3.05) is 20.6 Å². The summed E-state index contributed by atoms with van der Waals surface area (Å²) in [5.41, 5.74) is 0.872. The van der Waals surface area contributed by atoms with Crippen molar-refractivity contribution in [1.29, 1.82) is 0 Å². The lowest BCUT2D eigenvalue weighted by atomic mass is 10.2. The molecule has 1 N–H and O–H groups in total. The van der Waals surface area contributed by atoms with Crippen molar-refractivity contribution in [3.63, 3.8) is 0 Å². The average molecular weight is 197 g/mol. The second-order valence-electron chi connectivity index (χ2n) is 3.50. The van der Waals surface area contributed by atoms with E-state index in [1.54, 1.807) is 6.92 Å². The van der Waals surface area contributed by atoms with Crippen LogP contribution in [0.15, 0.2) is 6.33 Å². The fourth-order valence-corrected chi connectivity index (χ4v) is 1.10. The van der Waals surface area contributed by atoms with E-state index in [0.29, 0.717) is 22.5 Å². The molecule has 0 aliphatic rings. The third kappa shape index (κ3) is 2.32. The van der Waals surface area contributed by atoms with Crippen molar-refractivity contribution in [2.24, 2.45) is 0 Å². The van der Waals surface area contributed by atoms with Crippen molar-refractivity contribution >= 4 is 0 Å². The summed E-state index contributed by atoms with van der Waals surface area (Å²) in [6.45, 7) is 2.37. The predicted molar refractivity (Wildman–Crippen MR) is 51.9 cm³/mol. The molecule has 0 radical (unpaired) electrons. The molecular formula is C9H15N3O2. The molecule has 5 nitrogen and oxygen atoms in total. The van der Waals surface area contributed by atoms with E-state index in [1.165, 1.54) is 6.33 Å². The van der Waals surface area contributed by atoms with E-state index in [-0.39, 0.29) is 5.75 Å². The van der Waals surface area contributed by atoms with Crippen LogP contribution in [0.3, 0.4) is 0 Å². The number of likely N-dealkylation sites (N-methyl/N-ethyl adjacent to an activating group) is 1. The van der Waals surface area contributed by atoms with Gasteiger partial charge in [-0.15, -0.1) is 0 Å². The lowest BCUT2D eigenvalue weighted by Gasteiger charge is -2.09. The van der Waals surface area contributed by atoms with Crippen LogP contribution in [-0.2, 0) is 6.42 Å². The maximum absolute atomic E-state index is 11.0. The van der Waals surface area contributed by atoms with Gasteiger partial charge in [-0.05, 0) is 19.1 Å². The van der Waals surface area contributed by atoms with Crippen molar-refractivity contribution in [3.05, 3.63) is 22.9 Å². The molecule has 0 bridgehead atoms. The zero-order chi connectivity index (χ0) is 10.7. The molecule has 78 valence electrons. The summed E-state index contributed by atoms with van der Waals surface area (Å²) < 4.78 is 0.564. The van der Waals surface area contributed by atoms with Crippen LogP contribution in [0, 0.1) is 12.1 Å². The Morgan fingerprint density at radius 3 is 2.79 bits per heavy atom. The van der Waals surface area contributed by atoms with E-state index in [4.69, 9.17) is 0 Å². The SMILES string of the molecule is Cc1c(O)c(CCN(C)C)nc[n+]1[O-]. The summed E-state index contributed by atoms with van der Waals surface area (Å²) in [4.78, 5) is 5.88. The minimum absolute atomic E-state index is 0.00403. The maximum atomic E-state index is 11.0. The molecule has 1 aromatic heterocycles. The Hall–Kier alpha value is -1.36. The molecule has 5 heteroatoms. The van der Waals surface area contributed by atoms with E-state index in [2.05, 4.69) is 4.98 Å². The topological polar surface area (TPSA) is 63.3 Å². The first-order valence-electron chi connectivity index (χ1n) is 4.43. The highest BCUT2D eigenvalue weighted by Gasteiger charge is 2.14. The van der Waals surface area contributed by atoms with E-state index >= 15 is 0 Å². The lowest BCUT2D eigenvalue weighted by molar-refractivity contribution is -0.616. The molecule has 0 spiro atoms. The first kappa shape index (κ1) is 10.7. The Balaban J connectivity index is 2.83. The quantitative estimate of drug-likeness (QED) is 0.540. The van der Waals surface area contributed by atoms with Gasteiger partial charge in [0.1, 0.15) is 5.69 Å². The number of hydrogen-bond donors (Lipinski definition) is 1. The highest BCUT2D eigenvalue weighted by Crippen LogP contribution is 2.16. The monoisotopic (exact) mass is 197 g/mol. The number of aromatic hydroxyl groups is 1. The van der Waals surface area contributed by atoms with Crippen molar-refractivity contribution in [3.8, 4) is 5.75 Å². The third-order valence-electron chi connectivity index (χ3n) is 2.06. The van der Waals surface area contributed by atoms with Gasteiger partial charge in [-0.3, -0.25) is 0 Å². The standard InChI is InChI=1S/C9H15N3O2/c1-7-9(13)8(4-5-11(2)3)10-6-12(7)14/h6,13H,4-5H2,1-3H3. The van der Waals surface area contributed by atoms with Gasteiger partial charge < -0.3 is 15.2 Å². The van der Waals surface area contributed by atoms with Crippen LogP contribution >= 0.6 is 0 Å². The average Bonchev–Trinajstić information content (AvgIpc) is 2.13. The van der Waals surface area contributed by atoms with Crippen molar-refractivity contribution in [2.45, 2.75) is 13.3 Å². The van der Waals surface area contributed by atoms with Crippen LogP contribution in [0.25, 0.3) is 0 Å².